The lowest BCUT2D eigenvalue weighted by Crippen LogP contribution is -2.37. The Balaban J connectivity index is 2.25. The first-order valence-corrected chi connectivity index (χ1v) is 3.78. The van der Waals surface area contributed by atoms with E-state index in [4.69, 9.17) is 5.73 Å². The summed E-state index contributed by atoms with van der Waals surface area (Å²) in [7, 11) is 0. The summed E-state index contributed by atoms with van der Waals surface area (Å²) >= 11 is 0. The molecule has 1 aliphatic rings. The maximum Gasteiger partial charge on any atom is 0.0546 e. The Labute approximate surface area is 56.8 Å². The van der Waals surface area contributed by atoms with E-state index in [1.54, 1.807) is 0 Å². The molecular formula is C7H16N2. The minimum atomic E-state index is 0.259. The van der Waals surface area contributed by atoms with Crippen LogP contribution in [0.5, 0.6) is 0 Å². The molecule has 2 nitrogen and oxygen atoms in total. The lowest BCUT2D eigenvalue weighted by atomic mass is 10.1. The van der Waals surface area contributed by atoms with Crippen molar-refractivity contribution in [2.24, 2.45) is 11.7 Å². The second kappa shape index (κ2) is 3.18. The smallest absolute Gasteiger partial charge is 0.0546 e. The molecule has 0 radical (unpaired) electrons. The molecule has 1 heterocycles. The molecule has 2 atom stereocenters. The third kappa shape index (κ3) is 2.33. The van der Waals surface area contributed by atoms with Crippen LogP contribution in [-0.4, -0.2) is 12.7 Å². The predicted molar refractivity (Wildman–Crippen MR) is 39.0 cm³/mol. The highest BCUT2D eigenvalue weighted by Gasteiger charge is 2.10. The van der Waals surface area contributed by atoms with Gasteiger partial charge in [0, 0.05) is 0 Å². The molecular weight excluding hydrogens is 112 g/mol. The Hall–Kier alpha value is -0.0800. The third-order valence-corrected chi connectivity index (χ3v) is 1.94. The summed E-state index contributed by atoms with van der Waals surface area (Å²) in [6.07, 6.45) is 4.02. The largest absolute Gasteiger partial charge is 0.316 e. The van der Waals surface area contributed by atoms with Crippen LogP contribution in [0.2, 0.25) is 0 Å². The van der Waals surface area contributed by atoms with Crippen molar-refractivity contribution in [1.29, 1.82) is 0 Å². The van der Waals surface area contributed by atoms with E-state index in [2.05, 4.69) is 12.2 Å². The van der Waals surface area contributed by atoms with Crippen molar-refractivity contribution < 1.29 is 0 Å². The molecule has 0 saturated carbocycles. The van der Waals surface area contributed by atoms with Gasteiger partial charge >= 0.3 is 0 Å². The molecule has 0 aliphatic carbocycles. The summed E-state index contributed by atoms with van der Waals surface area (Å²) in [5, 5.41) is 3.27. The van der Waals surface area contributed by atoms with Gasteiger partial charge in [-0.25, -0.2) is 0 Å². The molecule has 0 aromatic carbocycles. The van der Waals surface area contributed by atoms with Gasteiger partial charge in [0.15, 0.2) is 0 Å². The van der Waals surface area contributed by atoms with E-state index in [1.165, 1.54) is 12.8 Å². The van der Waals surface area contributed by atoms with Gasteiger partial charge in [-0.1, -0.05) is 13.3 Å². The zero-order valence-corrected chi connectivity index (χ0v) is 6.06. The highest BCUT2D eigenvalue weighted by Crippen LogP contribution is 2.10. The summed E-state index contributed by atoms with van der Waals surface area (Å²) in [5.41, 5.74) is 5.69. The Morgan fingerprint density at radius 2 is 2.22 bits per heavy atom. The molecule has 1 aliphatic heterocycles. The lowest BCUT2D eigenvalue weighted by Gasteiger charge is -2.09. The molecule has 0 bridgehead atoms. The second-order valence-corrected chi connectivity index (χ2v) is 3.05. The van der Waals surface area contributed by atoms with E-state index in [0.29, 0.717) is 0 Å². The highest BCUT2D eigenvalue weighted by molar-refractivity contribution is 4.68. The predicted octanol–water partition coefficient (Wildman–Crippen LogP) is 0.681. The van der Waals surface area contributed by atoms with Gasteiger partial charge in [-0.3, -0.25) is 0 Å². The topological polar surface area (TPSA) is 38.0 Å². The van der Waals surface area contributed by atoms with Crippen LogP contribution in [-0.2, 0) is 0 Å². The molecule has 2 heteroatoms. The van der Waals surface area contributed by atoms with Crippen molar-refractivity contribution in [2.45, 2.75) is 32.4 Å². The summed E-state index contributed by atoms with van der Waals surface area (Å²) in [5.74, 6) is 0.818. The molecule has 3 N–H and O–H groups in total. The second-order valence-electron chi connectivity index (χ2n) is 3.05. The normalized spacial score (nSPS) is 38.0. The van der Waals surface area contributed by atoms with Crippen molar-refractivity contribution in [3.8, 4) is 0 Å². The molecule has 1 saturated heterocycles. The van der Waals surface area contributed by atoms with Gasteiger partial charge in [0.25, 0.3) is 0 Å². The SMILES string of the molecule is C[C@H]1CCCC(N)NC1. The molecule has 0 aromatic rings. The molecule has 1 rings (SSSR count). The van der Waals surface area contributed by atoms with Crippen LogP contribution in [0.25, 0.3) is 0 Å². The molecule has 1 unspecified atom stereocenters. The Morgan fingerprint density at radius 1 is 1.44 bits per heavy atom. The van der Waals surface area contributed by atoms with Crippen molar-refractivity contribution in [1.82, 2.24) is 5.32 Å². The minimum absolute atomic E-state index is 0.259. The zero-order valence-electron chi connectivity index (χ0n) is 6.06. The summed E-state index contributed by atoms with van der Waals surface area (Å²) in [6.45, 7) is 3.37. The lowest BCUT2D eigenvalue weighted by molar-refractivity contribution is 0.493. The quantitative estimate of drug-likeness (QED) is 0.503. The van der Waals surface area contributed by atoms with E-state index >= 15 is 0 Å². The fourth-order valence-electron chi connectivity index (χ4n) is 1.24. The first-order chi connectivity index (χ1) is 4.29. The zero-order chi connectivity index (χ0) is 6.69. The Bertz CT molecular complexity index is 73.0. The average molecular weight is 128 g/mol. The van der Waals surface area contributed by atoms with Gasteiger partial charge < -0.3 is 11.1 Å². The Morgan fingerprint density at radius 3 is 3.00 bits per heavy atom. The van der Waals surface area contributed by atoms with Crippen LogP contribution in [0.3, 0.4) is 0 Å². The van der Waals surface area contributed by atoms with Gasteiger partial charge in [-0.05, 0) is 25.3 Å². The van der Waals surface area contributed by atoms with Crippen LogP contribution in [0.4, 0.5) is 0 Å². The van der Waals surface area contributed by atoms with Crippen LogP contribution >= 0.6 is 0 Å². The Kier molecular flexibility index (Phi) is 2.49. The molecule has 0 spiro atoms. The third-order valence-electron chi connectivity index (χ3n) is 1.94. The van der Waals surface area contributed by atoms with Gasteiger partial charge in [0.05, 0.1) is 6.17 Å². The van der Waals surface area contributed by atoms with E-state index in [-0.39, 0.29) is 6.17 Å². The molecule has 0 amide bonds. The van der Waals surface area contributed by atoms with Crippen LogP contribution < -0.4 is 11.1 Å². The van der Waals surface area contributed by atoms with Crippen LogP contribution in [0, 0.1) is 5.92 Å². The van der Waals surface area contributed by atoms with Gasteiger partial charge in [-0.15, -0.1) is 0 Å². The fourth-order valence-corrected chi connectivity index (χ4v) is 1.24. The maximum absolute atomic E-state index is 5.69. The van der Waals surface area contributed by atoms with Gasteiger partial charge in [-0.2, -0.15) is 0 Å². The number of rotatable bonds is 0. The number of nitrogens with one attached hydrogen (secondary N) is 1. The standard InChI is InChI=1S/C7H16N2/c1-6-3-2-4-7(8)9-5-6/h6-7,9H,2-5,8H2,1H3/t6-,7?/m0/s1. The van der Waals surface area contributed by atoms with Crippen molar-refractivity contribution in [3.63, 3.8) is 0 Å². The number of nitrogens with two attached hydrogens (primary N) is 1. The molecule has 54 valence electrons. The monoisotopic (exact) mass is 128 g/mol. The summed E-state index contributed by atoms with van der Waals surface area (Å²) < 4.78 is 0. The summed E-state index contributed by atoms with van der Waals surface area (Å²) in [4.78, 5) is 0. The number of hydrogen-bond acceptors (Lipinski definition) is 2. The fraction of sp³-hybridized carbons (Fsp3) is 1.00. The molecule has 9 heavy (non-hydrogen) atoms. The van der Waals surface area contributed by atoms with E-state index in [9.17, 15) is 0 Å². The van der Waals surface area contributed by atoms with Gasteiger partial charge in [0.2, 0.25) is 0 Å². The average Bonchev–Trinajstić information content (AvgIpc) is 1.97. The maximum atomic E-state index is 5.69. The van der Waals surface area contributed by atoms with Crippen LogP contribution in [0.1, 0.15) is 26.2 Å². The van der Waals surface area contributed by atoms with Gasteiger partial charge in [0.1, 0.15) is 0 Å². The van der Waals surface area contributed by atoms with Crippen molar-refractivity contribution in [3.05, 3.63) is 0 Å². The van der Waals surface area contributed by atoms with Crippen molar-refractivity contribution in [2.75, 3.05) is 6.54 Å². The first-order valence-electron chi connectivity index (χ1n) is 3.78. The highest BCUT2D eigenvalue weighted by atomic mass is 15.0. The molecule has 0 aromatic heterocycles. The van der Waals surface area contributed by atoms with E-state index in [0.717, 1.165) is 18.9 Å². The van der Waals surface area contributed by atoms with E-state index < -0.39 is 0 Å². The van der Waals surface area contributed by atoms with E-state index in [1.807, 2.05) is 0 Å². The number of hydrogen-bond donors (Lipinski definition) is 2. The minimum Gasteiger partial charge on any atom is -0.316 e. The van der Waals surface area contributed by atoms with Crippen molar-refractivity contribution >= 4 is 0 Å². The molecule has 1 fully saturated rings. The first kappa shape index (κ1) is 7.03. The summed E-state index contributed by atoms with van der Waals surface area (Å²) in [6, 6.07) is 0. The van der Waals surface area contributed by atoms with Crippen LogP contribution in [0.15, 0.2) is 0 Å².